The van der Waals surface area contributed by atoms with Gasteiger partial charge in [-0.05, 0) is 38.2 Å². The van der Waals surface area contributed by atoms with Crippen molar-refractivity contribution in [3.8, 4) is 0 Å². The van der Waals surface area contributed by atoms with Crippen LogP contribution in [0.3, 0.4) is 0 Å². The summed E-state index contributed by atoms with van der Waals surface area (Å²) in [6, 6.07) is -2.73. The maximum absolute atomic E-state index is 12.4. The van der Waals surface area contributed by atoms with Crippen LogP contribution in [0.1, 0.15) is 26.2 Å². The molecule has 0 unspecified atom stereocenters. The highest BCUT2D eigenvalue weighted by molar-refractivity contribution is 7.98. The maximum Gasteiger partial charge on any atom is 0.326 e. The van der Waals surface area contributed by atoms with Gasteiger partial charge in [-0.2, -0.15) is 11.8 Å². The van der Waals surface area contributed by atoms with Gasteiger partial charge in [-0.25, -0.2) is 4.79 Å². The number of amides is 2. The highest BCUT2D eigenvalue weighted by Crippen LogP contribution is 2.04. The van der Waals surface area contributed by atoms with E-state index in [1.54, 1.807) is 0 Å². The Labute approximate surface area is 151 Å². The quantitative estimate of drug-likeness (QED) is 0.121. The molecule has 9 N–H and O–H groups in total. The van der Waals surface area contributed by atoms with E-state index < -0.39 is 35.9 Å². The molecule has 0 aromatic heterocycles. The average Bonchev–Trinajstić information content (AvgIpc) is 2.53. The molecule has 0 aromatic rings. The van der Waals surface area contributed by atoms with E-state index in [2.05, 4.69) is 16.0 Å². The van der Waals surface area contributed by atoms with Gasteiger partial charge in [0, 0.05) is 6.54 Å². The molecule has 0 spiro atoms. The second-order valence-electron chi connectivity index (χ2n) is 5.51. The van der Waals surface area contributed by atoms with Gasteiger partial charge in [0.1, 0.15) is 12.1 Å². The van der Waals surface area contributed by atoms with Crippen LogP contribution in [-0.2, 0) is 14.4 Å². The molecule has 0 aliphatic heterocycles. The second kappa shape index (κ2) is 12.4. The number of aliphatic carboxylic acids is 1. The number of hydrogen-bond donors (Lipinski definition) is 7. The Hall–Kier alpha value is -2.01. The zero-order chi connectivity index (χ0) is 19.4. The number of carboxylic acids is 1. The van der Waals surface area contributed by atoms with Crippen LogP contribution in [-0.4, -0.2) is 65.5 Å². The van der Waals surface area contributed by atoms with Crippen molar-refractivity contribution in [3.05, 3.63) is 0 Å². The summed E-state index contributed by atoms with van der Waals surface area (Å²) in [6.07, 6.45) is 2.81. The molecular formula is C14H28N6O4S. The van der Waals surface area contributed by atoms with Crippen molar-refractivity contribution in [2.75, 3.05) is 18.6 Å². The molecule has 11 heteroatoms. The van der Waals surface area contributed by atoms with E-state index in [4.69, 9.17) is 16.9 Å². The van der Waals surface area contributed by atoms with Crippen LogP contribution in [0.5, 0.6) is 0 Å². The minimum absolute atomic E-state index is 0.191. The molecule has 0 aliphatic carbocycles. The van der Waals surface area contributed by atoms with Crippen molar-refractivity contribution in [1.82, 2.24) is 16.0 Å². The van der Waals surface area contributed by atoms with Gasteiger partial charge in [0.05, 0.1) is 6.04 Å². The van der Waals surface area contributed by atoms with Crippen LogP contribution < -0.4 is 27.4 Å². The molecule has 0 saturated carbocycles. The molecule has 0 rings (SSSR count). The summed E-state index contributed by atoms with van der Waals surface area (Å²) in [5.74, 6) is -1.82. The zero-order valence-electron chi connectivity index (χ0n) is 14.5. The van der Waals surface area contributed by atoms with Crippen molar-refractivity contribution >= 4 is 35.5 Å². The molecule has 144 valence electrons. The number of carbonyl (C=O) groups is 3. The number of hydrogen-bond acceptors (Lipinski definition) is 6. The number of rotatable bonds is 12. The molecule has 0 bridgehead atoms. The van der Waals surface area contributed by atoms with E-state index in [1.807, 2.05) is 6.26 Å². The molecule has 0 heterocycles. The Morgan fingerprint density at radius 2 is 1.76 bits per heavy atom. The van der Waals surface area contributed by atoms with Gasteiger partial charge < -0.3 is 32.5 Å². The monoisotopic (exact) mass is 376 g/mol. The minimum Gasteiger partial charge on any atom is -0.480 e. The van der Waals surface area contributed by atoms with Gasteiger partial charge in [-0.1, -0.05) is 0 Å². The number of carbonyl (C=O) groups excluding carboxylic acids is 2. The van der Waals surface area contributed by atoms with Gasteiger partial charge in [-0.15, -0.1) is 0 Å². The fourth-order valence-corrected chi connectivity index (χ4v) is 2.34. The number of nitrogens with one attached hydrogen (secondary N) is 4. The topological polar surface area (TPSA) is 183 Å². The normalized spacial score (nSPS) is 14.0. The van der Waals surface area contributed by atoms with Crippen molar-refractivity contribution in [3.63, 3.8) is 0 Å². The lowest BCUT2D eigenvalue weighted by atomic mass is 10.1. The standard InChI is InChI=1S/C14H28N6O4S/c1-8(15)11(21)19-9(4-3-6-18-14(16)17)12(22)20-10(13(23)24)5-7-25-2/h8-10H,3-7,15H2,1-2H3,(H,19,21)(H,20,22)(H,23,24)(H4,16,17,18)/t8-,9-,10-/m0/s1. The maximum atomic E-state index is 12.4. The minimum atomic E-state index is -1.13. The molecule has 10 nitrogen and oxygen atoms in total. The second-order valence-corrected chi connectivity index (χ2v) is 6.50. The summed E-state index contributed by atoms with van der Waals surface area (Å²) >= 11 is 1.48. The van der Waals surface area contributed by atoms with E-state index in [0.717, 1.165) is 0 Å². The van der Waals surface area contributed by atoms with Gasteiger partial charge >= 0.3 is 5.97 Å². The molecular weight excluding hydrogens is 348 g/mol. The molecule has 0 fully saturated rings. The lowest BCUT2D eigenvalue weighted by Crippen LogP contribution is -2.54. The number of carboxylic acid groups (broad SMARTS) is 1. The van der Waals surface area contributed by atoms with Gasteiger partial charge in [-0.3, -0.25) is 15.0 Å². The summed E-state index contributed by atoms with van der Waals surface area (Å²) in [7, 11) is 0. The summed E-state index contributed by atoms with van der Waals surface area (Å²) in [6.45, 7) is 1.84. The lowest BCUT2D eigenvalue weighted by Gasteiger charge is -2.22. The first kappa shape index (κ1) is 23.0. The fraction of sp³-hybridized carbons (Fsp3) is 0.714. The number of thioether (sulfide) groups is 1. The average molecular weight is 376 g/mol. The first-order chi connectivity index (χ1) is 11.7. The third kappa shape index (κ3) is 10.5. The predicted molar refractivity (Wildman–Crippen MR) is 97.3 cm³/mol. The van der Waals surface area contributed by atoms with Crippen molar-refractivity contribution in [2.24, 2.45) is 11.5 Å². The fourth-order valence-electron chi connectivity index (χ4n) is 1.87. The van der Waals surface area contributed by atoms with Crippen LogP contribution >= 0.6 is 11.8 Å². The van der Waals surface area contributed by atoms with E-state index in [1.165, 1.54) is 18.7 Å². The molecule has 0 saturated heterocycles. The summed E-state index contributed by atoms with van der Waals surface area (Å²) in [5.41, 5.74) is 10.7. The summed E-state index contributed by atoms with van der Waals surface area (Å²) in [4.78, 5) is 35.4. The van der Waals surface area contributed by atoms with Crippen LogP contribution in [0.2, 0.25) is 0 Å². The van der Waals surface area contributed by atoms with Crippen molar-refractivity contribution < 1.29 is 19.5 Å². The smallest absolute Gasteiger partial charge is 0.326 e. The zero-order valence-corrected chi connectivity index (χ0v) is 15.3. The lowest BCUT2D eigenvalue weighted by molar-refractivity contribution is -0.142. The Morgan fingerprint density at radius 1 is 1.16 bits per heavy atom. The van der Waals surface area contributed by atoms with Crippen LogP contribution in [0.15, 0.2) is 0 Å². The van der Waals surface area contributed by atoms with Crippen molar-refractivity contribution in [2.45, 2.75) is 44.3 Å². The molecule has 25 heavy (non-hydrogen) atoms. The first-order valence-electron chi connectivity index (χ1n) is 7.85. The predicted octanol–water partition coefficient (Wildman–Crippen LogP) is -1.60. The summed E-state index contributed by atoms with van der Waals surface area (Å²) in [5, 5.41) is 23.8. The molecule has 0 aliphatic rings. The molecule has 0 aromatic carbocycles. The Bertz CT molecular complexity index is 474. The Kier molecular flexibility index (Phi) is 11.4. The van der Waals surface area contributed by atoms with E-state index in [0.29, 0.717) is 18.7 Å². The SMILES string of the molecule is CSCC[C@H](NC(=O)[C@H](CCCNC(=N)N)NC(=O)[C@H](C)N)C(=O)O. The Morgan fingerprint density at radius 3 is 2.24 bits per heavy atom. The third-order valence-corrected chi connectivity index (χ3v) is 3.90. The van der Waals surface area contributed by atoms with E-state index >= 15 is 0 Å². The highest BCUT2D eigenvalue weighted by Gasteiger charge is 2.26. The van der Waals surface area contributed by atoms with Gasteiger partial charge in [0.2, 0.25) is 11.8 Å². The van der Waals surface area contributed by atoms with E-state index in [9.17, 15) is 19.5 Å². The molecule has 2 amide bonds. The van der Waals surface area contributed by atoms with E-state index in [-0.39, 0.29) is 18.8 Å². The van der Waals surface area contributed by atoms with Gasteiger partial charge in [0.25, 0.3) is 0 Å². The molecule has 0 radical (unpaired) electrons. The largest absolute Gasteiger partial charge is 0.480 e. The number of guanidine groups is 1. The van der Waals surface area contributed by atoms with Crippen LogP contribution in [0.25, 0.3) is 0 Å². The van der Waals surface area contributed by atoms with Gasteiger partial charge in [0.15, 0.2) is 5.96 Å². The first-order valence-corrected chi connectivity index (χ1v) is 9.24. The molecule has 3 atom stereocenters. The third-order valence-electron chi connectivity index (χ3n) is 3.26. The summed E-state index contributed by atoms with van der Waals surface area (Å²) < 4.78 is 0. The number of nitrogens with two attached hydrogens (primary N) is 2. The van der Waals surface area contributed by atoms with Crippen molar-refractivity contribution in [1.29, 1.82) is 5.41 Å². The van der Waals surface area contributed by atoms with Crippen LogP contribution in [0.4, 0.5) is 0 Å². The Balaban J connectivity index is 4.83. The van der Waals surface area contributed by atoms with Crippen LogP contribution in [0, 0.1) is 5.41 Å². The highest BCUT2D eigenvalue weighted by atomic mass is 32.2.